The van der Waals surface area contributed by atoms with Gasteiger partial charge in [0.2, 0.25) is 0 Å². The molecule has 1 aromatic heterocycles. The SMILES string of the molecule is OCc1c2c(nc3cc(Cl)cc(Cl)c13)CCCC2. The maximum atomic E-state index is 9.67. The van der Waals surface area contributed by atoms with Gasteiger partial charge >= 0.3 is 0 Å². The summed E-state index contributed by atoms with van der Waals surface area (Å²) in [5, 5.41) is 11.7. The van der Waals surface area contributed by atoms with Gasteiger partial charge in [0.25, 0.3) is 0 Å². The number of hydrogen-bond donors (Lipinski definition) is 1. The van der Waals surface area contributed by atoms with Crippen molar-refractivity contribution in [3.8, 4) is 0 Å². The third kappa shape index (κ3) is 1.89. The number of aliphatic hydroxyl groups is 1. The van der Waals surface area contributed by atoms with Gasteiger partial charge in [-0.1, -0.05) is 23.2 Å². The van der Waals surface area contributed by atoms with E-state index in [-0.39, 0.29) is 6.61 Å². The van der Waals surface area contributed by atoms with Crippen LogP contribution in [-0.4, -0.2) is 10.1 Å². The second-order valence-electron chi connectivity index (χ2n) is 4.66. The lowest BCUT2D eigenvalue weighted by Crippen LogP contribution is -2.10. The van der Waals surface area contributed by atoms with Gasteiger partial charge in [-0.2, -0.15) is 0 Å². The Labute approximate surface area is 116 Å². The third-order valence-electron chi connectivity index (χ3n) is 3.55. The second kappa shape index (κ2) is 4.69. The van der Waals surface area contributed by atoms with Crippen LogP contribution in [0.15, 0.2) is 12.1 Å². The number of hydrogen-bond acceptors (Lipinski definition) is 2. The van der Waals surface area contributed by atoms with E-state index in [1.54, 1.807) is 6.07 Å². The first-order chi connectivity index (χ1) is 8.70. The van der Waals surface area contributed by atoms with Crippen molar-refractivity contribution in [1.82, 2.24) is 4.98 Å². The average Bonchev–Trinajstić information content (AvgIpc) is 2.35. The zero-order valence-electron chi connectivity index (χ0n) is 9.84. The van der Waals surface area contributed by atoms with E-state index in [1.807, 2.05) is 6.07 Å². The Kier molecular flexibility index (Phi) is 3.18. The number of fused-ring (bicyclic) bond motifs is 2. The molecule has 94 valence electrons. The maximum Gasteiger partial charge on any atom is 0.0738 e. The second-order valence-corrected chi connectivity index (χ2v) is 5.51. The van der Waals surface area contributed by atoms with E-state index < -0.39 is 0 Å². The standard InChI is InChI=1S/C14H13Cl2NO/c15-8-5-11(16)14-10(7-18)9-3-1-2-4-12(9)17-13(14)6-8/h5-6,18H,1-4,7H2. The Morgan fingerprint density at radius 2 is 1.94 bits per heavy atom. The van der Waals surface area contributed by atoms with Crippen LogP contribution in [0.1, 0.15) is 29.7 Å². The highest BCUT2D eigenvalue weighted by molar-refractivity contribution is 6.38. The van der Waals surface area contributed by atoms with Crippen LogP contribution in [0.2, 0.25) is 10.0 Å². The first kappa shape index (κ1) is 12.2. The minimum Gasteiger partial charge on any atom is -0.392 e. The summed E-state index contributed by atoms with van der Waals surface area (Å²) in [6.45, 7) is 0.00268. The largest absolute Gasteiger partial charge is 0.392 e. The molecule has 3 rings (SSSR count). The highest BCUT2D eigenvalue weighted by Gasteiger charge is 2.19. The van der Waals surface area contributed by atoms with E-state index in [1.165, 1.54) is 5.56 Å². The zero-order valence-corrected chi connectivity index (χ0v) is 11.4. The summed E-state index contributed by atoms with van der Waals surface area (Å²) in [6.07, 6.45) is 4.26. The summed E-state index contributed by atoms with van der Waals surface area (Å²) in [7, 11) is 0. The Hall–Kier alpha value is -0.830. The molecule has 0 saturated heterocycles. The number of aryl methyl sites for hydroxylation is 1. The molecule has 1 aliphatic carbocycles. The molecule has 1 heterocycles. The molecule has 0 radical (unpaired) electrons. The van der Waals surface area contributed by atoms with Crippen LogP contribution < -0.4 is 0 Å². The molecule has 18 heavy (non-hydrogen) atoms. The lowest BCUT2D eigenvalue weighted by Gasteiger charge is -2.20. The van der Waals surface area contributed by atoms with E-state index in [0.29, 0.717) is 10.0 Å². The van der Waals surface area contributed by atoms with Gasteiger partial charge in [0.05, 0.1) is 17.1 Å². The third-order valence-corrected chi connectivity index (χ3v) is 4.07. The predicted octanol–water partition coefficient (Wildman–Crippen LogP) is 3.91. The monoisotopic (exact) mass is 281 g/mol. The fraction of sp³-hybridized carbons (Fsp3) is 0.357. The summed E-state index contributed by atoms with van der Waals surface area (Å²) in [4.78, 5) is 4.67. The number of benzene rings is 1. The molecule has 2 aromatic rings. The minimum atomic E-state index is 0.00268. The Balaban J connectivity index is 2.40. The van der Waals surface area contributed by atoms with Gasteiger partial charge in [0.15, 0.2) is 0 Å². The number of rotatable bonds is 1. The Morgan fingerprint density at radius 3 is 2.72 bits per heavy atom. The molecule has 0 spiro atoms. The molecule has 1 aromatic carbocycles. The lowest BCUT2D eigenvalue weighted by molar-refractivity contribution is 0.281. The predicted molar refractivity (Wildman–Crippen MR) is 74.3 cm³/mol. The summed E-state index contributed by atoms with van der Waals surface area (Å²) in [5.41, 5.74) is 3.99. The number of halogens is 2. The van der Waals surface area contributed by atoms with Crippen LogP contribution in [0.5, 0.6) is 0 Å². The van der Waals surface area contributed by atoms with Gasteiger partial charge in [0.1, 0.15) is 0 Å². The van der Waals surface area contributed by atoms with Gasteiger partial charge in [0, 0.05) is 16.1 Å². The molecule has 0 unspecified atom stereocenters. The van der Waals surface area contributed by atoms with Crippen molar-refractivity contribution < 1.29 is 5.11 Å². The molecule has 0 fully saturated rings. The van der Waals surface area contributed by atoms with Crippen LogP contribution in [0.25, 0.3) is 10.9 Å². The summed E-state index contributed by atoms with van der Waals surface area (Å²) < 4.78 is 0. The lowest BCUT2D eigenvalue weighted by atomic mass is 9.90. The molecule has 1 N–H and O–H groups in total. The minimum absolute atomic E-state index is 0.00268. The summed E-state index contributed by atoms with van der Waals surface area (Å²) in [5.74, 6) is 0. The van der Waals surface area contributed by atoms with Crippen LogP contribution in [0.3, 0.4) is 0 Å². The molecule has 4 heteroatoms. The number of aliphatic hydroxyl groups excluding tert-OH is 1. The van der Waals surface area contributed by atoms with Crippen molar-refractivity contribution in [2.75, 3.05) is 0 Å². The van der Waals surface area contributed by atoms with Crippen molar-refractivity contribution in [2.45, 2.75) is 32.3 Å². The molecule has 0 amide bonds. The molecular formula is C14H13Cl2NO. The van der Waals surface area contributed by atoms with E-state index in [9.17, 15) is 5.11 Å². The van der Waals surface area contributed by atoms with Crippen molar-refractivity contribution in [3.63, 3.8) is 0 Å². The summed E-state index contributed by atoms with van der Waals surface area (Å²) in [6, 6.07) is 3.53. The van der Waals surface area contributed by atoms with E-state index in [4.69, 9.17) is 23.2 Å². The van der Waals surface area contributed by atoms with Crippen LogP contribution in [0.4, 0.5) is 0 Å². The maximum absolute atomic E-state index is 9.67. The van der Waals surface area contributed by atoms with Gasteiger partial charge in [-0.15, -0.1) is 0 Å². The first-order valence-electron chi connectivity index (χ1n) is 6.11. The molecule has 2 nitrogen and oxygen atoms in total. The number of pyridine rings is 1. The highest BCUT2D eigenvalue weighted by atomic mass is 35.5. The summed E-state index contributed by atoms with van der Waals surface area (Å²) >= 11 is 12.3. The first-order valence-corrected chi connectivity index (χ1v) is 6.86. The normalized spacial score (nSPS) is 14.8. The zero-order chi connectivity index (χ0) is 12.7. The highest BCUT2D eigenvalue weighted by Crippen LogP contribution is 2.35. The molecule has 0 bridgehead atoms. The quantitative estimate of drug-likeness (QED) is 0.860. The molecule has 0 atom stereocenters. The molecular weight excluding hydrogens is 269 g/mol. The van der Waals surface area contributed by atoms with Gasteiger partial charge < -0.3 is 5.11 Å². The number of nitrogens with zero attached hydrogens (tertiary/aromatic N) is 1. The van der Waals surface area contributed by atoms with Gasteiger partial charge in [-0.25, -0.2) is 0 Å². The van der Waals surface area contributed by atoms with Crippen molar-refractivity contribution >= 4 is 34.1 Å². The topological polar surface area (TPSA) is 33.1 Å². The van der Waals surface area contributed by atoms with E-state index in [0.717, 1.165) is 47.8 Å². The Bertz CT molecular complexity index is 625. The fourth-order valence-electron chi connectivity index (χ4n) is 2.76. The molecule has 0 aliphatic heterocycles. The van der Waals surface area contributed by atoms with E-state index in [2.05, 4.69) is 4.98 Å². The molecule has 0 saturated carbocycles. The number of aromatic nitrogens is 1. The van der Waals surface area contributed by atoms with Gasteiger partial charge in [-0.05, 0) is 48.9 Å². The molecule has 1 aliphatic rings. The van der Waals surface area contributed by atoms with E-state index >= 15 is 0 Å². The Morgan fingerprint density at radius 1 is 1.17 bits per heavy atom. The van der Waals surface area contributed by atoms with Crippen molar-refractivity contribution in [3.05, 3.63) is 39.0 Å². The van der Waals surface area contributed by atoms with Crippen molar-refractivity contribution in [2.24, 2.45) is 0 Å². The van der Waals surface area contributed by atoms with Crippen LogP contribution >= 0.6 is 23.2 Å². The van der Waals surface area contributed by atoms with Gasteiger partial charge in [-0.3, -0.25) is 4.98 Å². The average molecular weight is 282 g/mol. The fourth-order valence-corrected chi connectivity index (χ4v) is 3.35. The van der Waals surface area contributed by atoms with Crippen molar-refractivity contribution in [1.29, 1.82) is 0 Å². The van der Waals surface area contributed by atoms with Crippen LogP contribution in [0, 0.1) is 0 Å². The van der Waals surface area contributed by atoms with Crippen LogP contribution in [-0.2, 0) is 19.4 Å². The smallest absolute Gasteiger partial charge is 0.0738 e.